The van der Waals surface area contributed by atoms with Gasteiger partial charge in [0.25, 0.3) is 0 Å². The van der Waals surface area contributed by atoms with Gasteiger partial charge in [0.15, 0.2) is 0 Å². The fourth-order valence-electron chi connectivity index (χ4n) is 1.53. The van der Waals surface area contributed by atoms with Crippen LogP contribution in [0.1, 0.15) is 20.7 Å². The molecule has 0 aliphatic carbocycles. The average Bonchev–Trinajstić information content (AvgIpc) is 2.66. The lowest BCUT2D eigenvalue weighted by atomic mass is 10.1. The van der Waals surface area contributed by atoms with Gasteiger partial charge in [-0.25, -0.2) is 9.59 Å². The third-order valence-electron chi connectivity index (χ3n) is 2.38. The minimum Gasteiger partial charge on any atom is -0.508 e. The molecule has 0 unspecified atom stereocenters. The molecule has 2 aromatic rings. The molecule has 5 nitrogen and oxygen atoms in total. The Morgan fingerprint density at radius 2 is 1.21 bits per heavy atom. The Kier molecular flexibility index (Phi) is 3.47. The van der Waals surface area contributed by atoms with Crippen molar-refractivity contribution < 1.29 is 24.5 Å². The number of esters is 2. The van der Waals surface area contributed by atoms with E-state index < -0.39 is 11.9 Å². The Bertz CT molecular complexity index is 583. The van der Waals surface area contributed by atoms with E-state index in [2.05, 4.69) is 4.74 Å². The second kappa shape index (κ2) is 5.22. The number of carbonyl (C=O) groups excluding carboxylic acids is 2. The van der Waals surface area contributed by atoms with E-state index in [9.17, 15) is 9.59 Å². The maximum atomic E-state index is 10.8. The van der Waals surface area contributed by atoms with E-state index in [4.69, 9.17) is 10.2 Å². The van der Waals surface area contributed by atoms with Crippen LogP contribution in [-0.2, 0) is 4.74 Å². The van der Waals surface area contributed by atoms with Gasteiger partial charge in [-0.05, 0) is 24.3 Å². The van der Waals surface area contributed by atoms with Crippen molar-refractivity contribution in [3.63, 3.8) is 0 Å². The Morgan fingerprint density at radius 3 is 1.58 bits per heavy atom. The summed E-state index contributed by atoms with van der Waals surface area (Å²) in [4.78, 5) is 21.7. The number of ether oxygens (including phenoxy) is 1. The molecular weight excluding hydrogens is 248 g/mol. The topological polar surface area (TPSA) is 83.8 Å². The number of fused-ring (bicyclic) bond motifs is 1. The summed E-state index contributed by atoms with van der Waals surface area (Å²) >= 11 is 0. The third kappa shape index (κ3) is 2.90. The Labute approximate surface area is 108 Å². The summed E-state index contributed by atoms with van der Waals surface area (Å²) in [6.45, 7) is 0. The van der Waals surface area contributed by atoms with Gasteiger partial charge in [-0.2, -0.15) is 0 Å². The zero-order chi connectivity index (χ0) is 13.8. The number of aromatic hydroxyl groups is 2. The maximum Gasteiger partial charge on any atom is 0.346 e. The normalized spacial score (nSPS) is 12.2. The molecular formula is C14H10O5. The lowest BCUT2D eigenvalue weighted by Crippen LogP contribution is -1.96. The first-order chi connectivity index (χ1) is 9.08. The van der Waals surface area contributed by atoms with E-state index in [-0.39, 0.29) is 11.5 Å². The molecule has 1 aliphatic heterocycles. The predicted octanol–water partition coefficient (Wildman–Crippen LogP) is 2.09. The highest BCUT2D eigenvalue weighted by molar-refractivity contribution is 6.14. The Morgan fingerprint density at radius 1 is 0.737 bits per heavy atom. The van der Waals surface area contributed by atoms with E-state index in [1.54, 1.807) is 30.3 Å². The number of rotatable bonds is 0. The van der Waals surface area contributed by atoms with Crippen molar-refractivity contribution in [3.8, 4) is 11.5 Å². The van der Waals surface area contributed by atoms with Crippen LogP contribution in [-0.4, -0.2) is 22.2 Å². The molecule has 0 radical (unpaired) electrons. The van der Waals surface area contributed by atoms with Gasteiger partial charge in [0.2, 0.25) is 0 Å². The van der Waals surface area contributed by atoms with Crippen LogP contribution < -0.4 is 0 Å². The van der Waals surface area contributed by atoms with E-state index >= 15 is 0 Å². The van der Waals surface area contributed by atoms with E-state index in [0.29, 0.717) is 11.1 Å². The summed E-state index contributed by atoms with van der Waals surface area (Å²) in [5.41, 5.74) is 0.718. The molecule has 1 heterocycles. The van der Waals surface area contributed by atoms with Gasteiger partial charge >= 0.3 is 11.9 Å². The van der Waals surface area contributed by atoms with E-state index in [1.807, 2.05) is 0 Å². The summed E-state index contributed by atoms with van der Waals surface area (Å²) in [5, 5.41) is 17.3. The molecule has 0 amide bonds. The number of cyclic esters (lactones) is 2. The number of benzene rings is 2. The lowest BCUT2D eigenvalue weighted by Gasteiger charge is -1.89. The second-order valence-corrected chi connectivity index (χ2v) is 3.74. The number of phenols is 2. The molecule has 0 spiro atoms. The standard InChI is InChI=1S/C8H4O3.C6H6O2/c9-7-5-3-1-2-4-6(5)8(10)11-7;7-5-2-1-3-6(8)4-5/h1-4H;1-4,7-8H. The second-order valence-electron chi connectivity index (χ2n) is 3.74. The molecule has 2 aromatic carbocycles. The van der Waals surface area contributed by atoms with Crippen molar-refractivity contribution in [2.45, 2.75) is 0 Å². The van der Waals surface area contributed by atoms with E-state index in [1.165, 1.54) is 18.2 Å². The summed E-state index contributed by atoms with van der Waals surface area (Å²) in [6.07, 6.45) is 0. The summed E-state index contributed by atoms with van der Waals surface area (Å²) < 4.78 is 4.35. The van der Waals surface area contributed by atoms with E-state index in [0.717, 1.165) is 0 Å². The molecule has 0 saturated carbocycles. The molecule has 1 aliphatic rings. The van der Waals surface area contributed by atoms with Crippen LogP contribution in [0.2, 0.25) is 0 Å². The smallest absolute Gasteiger partial charge is 0.346 e. The maximum absolute atomic E-state index is 10.8. The largest absolute Gasteiger partial charge is 0.508 e. The van der Waals surface area contributed by atoms with Crippen LogP contribution in [0.25, 0.3) is 0 Å². The first-order valence-electron chi connectivity index (χ1n) is 5.41. The molecule has 19 heavy (non-hydrogen) atoms. The van der Waals surface area contributed by atoms with Gasteiger partial charge < -0.3 is 14.9 Å². The molecule has 96 valence electrons. The summed E-state index contributed by atoms with van der Waals surface area (Å²) in [7, 11) is 0. The quantitative estimate of drug-likeness (QED) is 0.558. The monoisotopic (exact) mass is 258 g/mol. The summed E-state index contributed by atoms with van der Waals surface area (Å²) in [6, 6.07) is 12.4. The van der Waals surface area contributed by atoms with Crippen molar-refractivity contribution in [2.75, 3.05) is 0 Å². The zero-order valence-corrected chi connectivity index (χ0v) is 9.74. The minimum absolute atomic E-state index is 0.0880. The number of hydrogen-bond donors (Lipinski definition) is 2. The molecule has 0 atom stereocenters. The average molecular weight is 258 g/mol. The van der Waals surface area contributed by atoms with Gasteiger partial charge in [0, 0.05) is 6.07 Å². The number of hydrogen-bond acceptors (Lipinski definition) is 5. The van der Waals surface area contributed by atoms with Gasteiger partial charge in [0.05, 0.1) is 11.1 Å². The molecule has 0 fully saturated rings. The van der Waals surface area contributed by atoms with Crippen molar-refractivity contribution in [3.05, 3.63) is 59.7 Å². The van der Waals surface area contributed by atoms with Crippen LogP contribution in [0, 0.1) is 0 Å². The van der Waals surface area contributed by atoms with Crippen LogP contribution in [0.3, 0.4) is 0 Å². The van der Waals surface area contributed by atoms with Gasteiger partial charge in [-0.3, -0.25) is 0 Å². The Hall–Kier alpha value is -2.82. The molecule has 3 rings (SSSR count). The fourth-order valence-corrected chi connectivity index (χ4v) is 1.53. The van der Waals surface area contributed by atoms with Crippen molar-refractivity contribution in [1.29, 1.82) is 0 Å². The SMILES string of the molecule is O=C1OC(=O)c2ccccc21.Oc1cccc(O)c1. The number of phenolic OH excluding ortho intramolecular Hbond substituents is 2. The highest BCUT2D eigenvalue weighted by Crippen LogP contribution is 2.18. The minimum atomic E-state index is -0.550. The molecule has 0 aromatic heterocycles. The van der Waals surface area contributed by atoms with Gasteiger partial charge in [0.1, 0.15) is 11.5 Å². The zero-order valence-electron chi connectivity index (χ0n) is 9.74. The highest BCUT2D eigenvalue weighted by Gasteiger charge is 2.28. The predicted molar refractivity (Wildman–Crippen MR) is 66.0 cm³/mol. The number of carbonyl (C=O) groups is 2. The molecule has 0 bridgehead atoms. The van der Waals surface area contributed by atoms with Crippen molar-refractivity contribution in [2.24, 2.45) is 0 Å². The molecule has 5 heteroatoms. The van der Waals surface area contributed by atoms with Gasteiger partial charge in [-0.1, -0.05) is 18.2 Å². The molecule has 2 N–H and O–H groups in total. The van der Waals surface area contributed by atoms with Crippen LogP contribution in [0.5, 0.6) is 11.5 Å². The highest BCUT2D eigenvalue weighted by atomic mass is 16.6. The fraction of sp³-hybridized carbons (Fsp3) is 0. The lowest BCUT2D eigenvalue weighted by molar-refractivity contribution is 0.0444. The first kappa shape index (κ1) is 12.6. The van der Waals surface area contributed by atoms with Crippen LogP contribution in [0.4, 0.5) is 0 Å². The summed E-state index contributed by atoms with van der Waals surface area (Å²) in [5.74, 6) is -0.925. The van der Waals surface area contributed by atoms with Crippen molar-refractivity contribution >= 4 is 11.9 Å². The Balaban J connectivity index is 0.000000148. The molecule has 0 saturated heterocycles. The van der Waals surface area contributed by atoms with Gasteiger partial charge in [-0.15, -0.1) is 0 Å². The van der Waals surface area contributed by atoms with Crippen LogP contribution in [0.15, 0.2) is 48.5 Å². The van der Waals surface area contributed by atoms with Crippen LogP contribution >= 0.6 is 0 Å². The third-order valence-corrected chi connectivity index (χ3v) is 2.38. The first-order valence-corrected chi connectivity index (χ1v) is 5.41. The van der Waals surface area contributed by atoms with Crippen molar-refractivity contribution in [1.82, 2.24) is 0 Å².